The lowest BCUT2D eigenvalue weighted by atomic mass is 10.2. The normalized spacial score (nSPS) is 12.9. The van der Waals surface area contributed by atoms with Gasteiger partial charge in [0.1, 0.15) is 5.52 Å². The molecule has 0 amide bonds. The maximum absolute atomic E-state index is 6.17. The van der Waals surface area contributed by atoms with Gasteiger partial charge in [0.15, 0.2) is 5.82 Å². The molecule has 0 aromatic carbocycles. The Hall–Kier alpha value is -1.29. The van der Waals surface area contributed by atoms with Crippen LogP contribution in [0.2, 0.25) is 0 Å². The number of hydrogen-bond donors (Lipinski definition) is 1. The van der Waals surface area contributed by atoms with Gasteiger partial charge < -0.3 is 9.88 Å². The smallest absolute Gasteiger partial charge is 0.154 e. The van der Waals surface area contributed by atoms with Gasteiger partial charge in [-0.2, -0.15) is 0 Å². The van der Waals surface area contributed by atoms with E-state index < -0.39 is 0 Å². The fourth-order valence-corrected chi connectivity index (χ4v) is 2.11. The van der Waals surface area contributed by atoms with E-state index in [-0.39, 0.29) is 5.38 Å². The molecule has 0 saturated heterocycles. The number of nitrogens with zero attached hydrogens (tertiary/aromatic N) is 3. The Balaban J connectivity index is 2.13. The third kappa shape index (κ3) is 2.69. The molecule has 2 aromatic rings. The van der Waals surface area contributed by atoms with E-state index in [1.54, 1.807) is 12.5 Å². The molecule has 0 radical (unpaired) electrons. The van der Waals surface area contributed by atoms with Crippen molar-refractivity contribution in [3.05, 3.63) is 18.6 Å². The third-order valence-electron chi connectivity index (χ3n) is 2.74. The SMILES string of the molecule is CCCC(Cl)CNc1nccc2c1ncn2C. The number of hydrogen-bond acceptors (Lipinski definition) is 3. The molecule has 0 fully saturated rings. The average molecular weight is 253 g/mol. The van der Waals surface area contributed by atoms with Gasteiger partial charge in [-0.05, 0) is 12.5 Å². The highest BCUT2D eigenvalue weighted by Gasteiger charge is 2.08. The van der Waals surface area contributed by atoms with Crippen molar-refractivity contribution in [3.8, 4) is 0 Å². The predicted octanol–water partition coefficient (Wildman–Crippen LogP) is 2.79. The van der Waals surface area contributed by atoms with Gasteiger partial charge in [0, 0.05) is 19.8 Å². The first kappa shape index (κ1) is 12.2. The summed E-state index contributed by atoms with van der Waals surface area (Å²) in [5.41, 5.74) is 1.97. The van der Waals surface area contributed by atoms with Crippen molar-refractivity contribution in [2.75, 3.05) is 11.9 Å². The van der Waals surface area contributed by atoms with Crippen LogP contribution >= 0.6 is 11.6 Å². The van der Waals surface area contributed by atoms with Crippen molar-refractivity contribution in [2.24, 2.45) is 7.05 Å². The van der Waals surface area contributed by atoms with Crippen LogP contribution in [-0.2, 0) is 7.05 Å². The van der Waals surface area contributed by atoms with Crippen LogP contribution in [-0.4, -0.2) is 26.5 Å². The highest BCUT2D eigenvalue weighted by Crippen LogP contribution is 2.19. The van der Waals surface area contributed by atoms with E-state index in [0.717, 1.165) is 36.2 Å². The van der Waals surface area contributed by atoms with E-state index in [2.05, 4.69) is 22.2 Å². The highest BCUT2D eigenvalue weighted by atomic mass is 35.5. The number of nitrogens with one attached hydrogen (secondary N) is 1. The Morgan fingerprint density at radius 2 is 2.29 bits per heavy atom. The van der Waals surface area contributed by atoms with Gasteiger partial charge in [-0.25, -0.2) is 9.97 Å². The molecule has 0 bridgehead atoms. The summed E-state index contributed by atoms with van der Waals surface area (Å²) >= 11 is 6.17. The van der Waals surface area contributed by atoms with E-state index in [0.29, 0.717) is 0 Å². The molecule has 4 nitrogen and oxygen atoms in total. The van der Waals surface area contributed by atoms with Gasteiger partial charge in [0.2, 0.25) is 0 Å². The van der Waals surface area contributed by atoms with Crippen molar-refractivity contribution in [1.29, 1.82) is 0 Å². The summed E-state index contributed by atoms with van der Waals surface area (Å²) in [7, 11) is 1.97. The Labute approximate surface area is 106 Å². The molecule has 2 heterocycles. The third-order valence-corrected chi connectivity index (χ3v) is 3.11. The molecule has 1 atom stereocenters. The lowest BCUT2D eigenvalue weighted by molar-refractivity contribution is 0.751. The molecule has 0 aliphatic rings. The zero-order valence-electron chi connectivity index (χ0n) is 10.2. The molecule has 1 unspecified atom stereocenters. The van der Waals surface area contributed by atoms with Gasteiger partial charge >= 0.3 is 0 Å². The minimum absolute atomic E-state index is 0.140. The second-order valence-electron chi connectivity index (χ2n) is 4.15. The Morgan fingerprint density at radius 1 is 1.47 bits per heavy atom. The molecule has 5 heteroatoms. The number of aromatic nitrogens is 3. The van der Waals surface area contributed by atoms with E-state index in [1.807, 2.05) is 17.7 Å². The van der Waals surface area contributed by atoms with Crippen LogP contribution in [0.15, 0.2) is 18.6 Å². The second kappa shape index (κ2) is 5.36. The van der Waals surface area contributed by atoms with Crippen molar-refractivity contribution in [1.82, 2.24) is 14.5 Å². The summed E-state index contributed by atoms with van der Waals surface area (Å²) in [6, 6.07) is 1.96. The number of fused-ring (bicyclic) bond motifs is 1. The quantitative estimate of drug-likeness (QED) is 0.832. The van der Waals surface area contributed by atoms with Crippen LogP contribution < -0.4 is 5.32 Å². The number of imidazole rings is 1. The first-order chi connectivity index (χ1) is 8.22. The molecule has 0 spiro atoms. The summed E-state index contributed by atoms with van der Waals surface area (Å²) in [4.78, 5) is 8.64. The molecule has 17 heavy (non-hydrogen) atoms. The molecule has 92 valence electrons. The van der Waals surface area contributed by atoms with Crippen LogP contribution in [0, 0.1) is 0 Å². The topological polar surface area (TPSA) is 42.7 Å². The summed E-state index contributed by atoms with van der Waals surface area (Å²) in [5.74, 6) is 0.810. The summed E-state index contributed by atoms with van der Waals surface area (Å²) in [5, 5.41) is 3.41. The maximum Gasteiger partial charge on any atom is 0.154 e. The van der Waals surface area contributed by atoms with Gasteiger partial charge in [-0.15, -0.1) is 11.6 Å². The van der Waals surface area contributed by atoms with E-state index >= 15 is 0 Å². The van der Waals surface area contributed by atoms with Crippen molar-refractivity contribution >= 4 is 28.5 Å². The van der Waals surface area contributed by atoms with Gasteiger partial charge in [-0.3, -0.25) is 0 Å². The second-order valence-corrected chi connectivity index (χ2v) is 4.77. The number of anilines is 1. The number of alkyl halides is 1. The zero-order chi connectivity index (χ0) is 12.3. The first-order valence-corrected chi connectivity index (χ1v) is 6.30. The first-order valence-electron chi connectivity index (χ1n) is 5.86. The zero-order valence-corrected chi connectivity index (χ0v) is 10.9. The lowest BCUT2D eigenvalue weighted by Crippen LogP contribution is -2.14. The Bertz CT molecular complexity index is 494. The van der Waals surface area contributed by atoms with Crippen LogP contribution in [0.1, 0.15) is 19.8 Å². The van der Waals surface area contributed by atoms with Crippen LogP contribution in [0.3, 0.4) is 0 Å². The van der Waals surface area contributed by atoms with Crippen molar-refractivity contribution in [2.45, 2.75) is 25.1 Å². The minimum atomic E-state index is 0.140. The summed E-state index contributed by atoms with van der Waals surface area (Å²) in [6.07, 6.45) is 5.68. The maximum atomic E-state index is 6.17. The van der Waals surface area contributed by atoms with E-state index in [1.165, 1.54) is 0 Å². The standard InChI is InChI=1S/C12H17ClN4/c1-3-4-9(13)7-15-12-11-10(5-6-14-12)17(2)8-16-11/h5-6,8-9H,3-4,7H2,1-2H3,(H,14,15). The van der Waals surface area contributed by atoms with Crippen LogP contribution in [0.4, 0.5) is 5.82 Å². The molecular weight excluding hydrogens is 236 g/mol. The molecule has 1 N–H and O–H groups in total. The highest BCUT2D eigenvalue weighted by molar-refractivity contribution is 6.20. The summed E-state index contributed by atoms with van der Waals surface area (Å²) < 4.78 is 1.98. The molecule has 0 aliphatic heterocycles. The number of rotatable bonds is 5. The van der Waals surface area contributed by atoms with E-state index in [9.17, 15) is 0 Å². The molecular formula is C12H17ClN4. The van der Waals surface area contributed by atoms with Crippen molar-refractivity contribution < 1.29 is 0 Å². The fourth-order valence-electron chi connectivity index (χ4n) is 1.81. The minimum Gasteiger partial charge on any atom is -0.367 e. The van der Waals surface area contributed by atoms with Gasteiger partial charge in [0.25, 0.3) is 0 Å². The Morgan fingerprint density at radius 3 is 3.06 bits per heavy atom. The fraction of sp³-hybridized carbons (Fsp3) is 0.500. The Kier molecular flexibility index (Phi) is 3.84. The predicted molar refractivity (Wildman–Crippen MR) is 71.5 cm³/mol. The monoisotopic (exact) mass is 252 g/mol. The van der Waals surface area contributed by atoms with Gasteiger partial charge in [-0.1, -0.05) is 13.3 Å². The molecule has 0 saturated carbocycles. The molecule has 0 aliphatic carbocycles. The van der Waals surface area contributed by atoms with Crippen molar-refractivity contribution in [3.63, 3.8) is 0 Å². The largest absolute Gasteiger partial charge is 0.367 e. The molecule has 2 aromatic heterocycles. The summed E-state index contributed by atoms with van der Waals surface area (Å²) in [6.45, 7) is 2.85. The average Bonchev–Trinajstić information content (AvgIpc) is 2.70. The lowest BCUT2D eigenvalue weighted by Gasteiger charge is -2.10. The number of halogens is 1. The van der Waals surface area contributed by atoms with E-state index in [4.69, 9.17) is 11.6 Å². The van der Waals surface area contributed by atoms with Crippen LogP contribution in [0.5, 0.6) is 0 Å². The van der Waals surface area contributed by atoms with Crippen LogP contribution in [0.25, 0.3) is 11.0 Å². The van der Waals surface area contributed by atoms with Gasteiger partial charge in [0.05, 0.1) is 17.2 Å². The molecule has 2 rings (SSSR count). The number of pyridine rings is 1. The number of aryl methyl sites for hydroxylation is 1.